The molecule has 2 aliphatic heterocycles. The molecule has 0 bridgehead atoms. The van der Waals surface area contributed by atoms with Crippen molar-refractivity contribution in [2.45, 2.75) is 50.5 Å². The van der Waals surface area contributed by atoms with Gasteiger partial charge in [-0.2, -0.15) is 13.2 Å². The monoisotopic (exact) mass is 373 g/mol. The fourth-order valence-corrected chi connectivity index (χ4v) is 3.81. The van der Waals surface area contributed by atoms with Crippen LogP contribution >= 0.6 is 0 Å². The Morgan fingerprint density at radius 2 is 1.96 bits per heavy atom. The van der Waals surface area contributed by atoms with Crippen LogP contribution in [-0.2, 0) is 17.5 Å². The zero-order valence-electron chi connectivity index (χ0n) is 14.4. The summed E-state index contributed by atoms with van der Waals surface area (Å²) in [7, 11) is 0. The highest BCUT2D eigenvalue weighted by molar-refractivity contribution is 5.82. The van der Waals surface area contributed by atoms with Gasteiger partial charge in [-0.3, -0.25) is 9.69 Å². The number of amides is 1. The van der Waals surface area contributed by atoms with Crippen LogP contribution in [0.15, 0.2) is 18.2 Å². The summed E-state index contributed by atoms with van der Waals surface area (Å²) in [6.45, 7) is 2.63. The Labute approximate surface area is 149 Å². The smallest absolute Gasteiger partial charge is 0.351 e. The quantitative estimate of drug-likeness (QED) is 0.798. The topological polar surface area (TPSA) is 44.4 Å². The Morgan fingerprint density at radius 1 is 1.23 bits per heavy atom. The molecule has 1 amide bonds. The first kappa shape index (κ1) is 19.1. The lowest BCUT2D eigenvalue weighted by Crippen LogP contribution is -2.50. The van der Waals surface area contributed by atoms with Gasteiger partial charge in [-0.15, -0.1) is 0 Å². The van der Waals surface area contributed by atoms with E-state index in [2.05, 4.69) is 15.5 Å². The Hall–Kier alpha value is -1.67. The third kappa shape index (κ3) is 4.35. The van der Waals surface area contributed by atoms with E-state index in [1.54, 1.807) is 0 Å². The van der Waals surface area contributed by atoms with Crippen molar-refractivity contribution >= 4 is 5.91 Å². The van der Waals surface area contributed by atoms with Gasteiger partial charge in [0.2, 0.25) is 5.91 Å². The molecule has 144 valence electrons. The second-order valence-electron chi connectivity index (χ2n) is 6.90. The first-order valence-electron chi connectivity index (χ1n) is 8.96. The predicted molar refractivity (Wildman–Crippen MR) is 88.9 cm³/mol. The van der Waals surface area contributed by atoms with E-state index < -0.39 is 17.6 Å². The second-order valence-corrected chi connectivity index (χ2v) is 6.90. The van der Waals surface area contributed by atoms with E-state index in [9.17, 15) is 22.4 Å². The van der Waals surface area contributed by atoms with Gasteiger partial charge in [0.15, 0.2) is 0 Å². The number of hydrogen-bond acceptors (Lipinski definition) is 3. The largest absolute Gasteiger partial charge is 0.416 e. The van der Waals surface area contributed by atoms with Crippen molar-refractivity contribution in [3.8, 4) is 0 Å². The first-order chi connectivity index (χ1) is 12.4. The molecule has 2 fully saturated rings. The minimum absolute atomic E-state index is 0.0535. The van der Waals surface area contributed by atoms with Crippen molar-refractivity contribution in [1.82, 2.24) is 15.5 Å². The molecule has 8 heteroatoms. The van der Waals surface area contributed by atoms with Crippen LogP contribution < -0.4 is 10.6 Å². The predicted octanol–water partition coefficient (Wildman–Crippen LogP) is 2.68. The van der Waals surface area contributed by atoms with Crippen molar-refractivity contribution in [3.05, 3.63) is 35.1 Å². The minimum Gasteiger partial charge on any atom is -0.351 e. The molecule has 2 N–H and O–H groups in total. The summed E-state index contributed by atoms with van der Waals surface area (Å²) in [5, 5.41) is 5.99. The summed E-state index contributed by atoms with van der Waals surface area (Å²) in [6.07, 6.45) is -0.891. The number of carbonyl (C=O) groups is 1. The van der Waals surface area contributed by atoms with E-state index in [1.807, 2.05) is 0 Å². The van der Waals surface area contributed by atoms with E-state index in [1.165, 1.54) is 0 Å². The Balaban J connectivity index is 1.59. The lowest BCUT2D eigenvalue weighted by atomic mass is 10.0. The van der Waals surface area contributed by atoms with Gasteiger partial charge in [-0.05, 0) is 57.5 Å². The normalized spacial score (nSPS) is 22.5. The average Bonchev–Trinajstić information content (AvgIpc) is 3.10. The molecule has 0 unspecified atom stereocenters. The summed E-state index contributed by atoms with van der Waals surface area (Å²) < 4.78 is 51.7. The molecule has 0 spiro atoms. The van der Waals surface area contributed by atoms with Crippen molar-refractivity contribution in [2.75, 3.05) is 19.6 Å². The van der Waals surface area contributed by atoms with Crippen molar-refractivity contribution in [2.24, 2.45) is 0 Å². The number of hydrogen-bond donors (Lipinski definition) is 2. The van der Waals surface area contributed by atoms with Crippen LogP contribution in [0.4, 0.5) is 17.6 Å². The average molecular weight is 373 g/mol. The number of benzene rings is 1. The van der Waals surface area contributed by atoms with Gasteiger partial charge in [-0.1, -0.05) is 6.07 Å². The summed E-state index contributed by atoms with van der Waals surface area (Å²) in [4.78, 5) is 14.8. The third-order valence-corrected chi connectivity index (χ3v) is 5.21. The number of alkyl halides is 3. The van der Waals surface area contributed by atoms with Gasteiger partial charge in [0.05, 0.1) is 11.6 Å². The van der Waals surface area contributed by atoms with Crippen LogP contribution in [0.2, 0.25) is 0 Å². The molecule has 2 saturated heterocycles. The van der Waals surface area contributed by atoms with E-state index in [0.717, 1.165) is 57.5 Å². The SMILES string of the molecule is O=C(NCc1ccc(C(F)(F)F)cc1F)[C@@H]1CCCN1C1CCNCC1. The van der Waals surface area contributed by atoms with Gasteiger partial charge in [0.1, 0.15) is 5.82 Å². The molecule has 0 aromatic heterocycles. The molecule has 0 saturated carbocycles. The molecule has 3 rings (SSSR count). The van der Waals surface area contributed by atoms with E-state index >= 15 is 0 Å². The lowest BCUT2D eigenvalue weighted by Gasteiger charge is -2.35. The number of halogens is 4. The van der Waals surface area contributed by atoms with Crippen LogP contribution in [0.3, 0.4) is 0 Å². The summed E-state index contributed by atoms with van der Waals surface area (Å²) >= 11 is 0. The van der Waals surface area contributed by atoms with Gasteiger partial charge >= 0.3 is 6.18 Å². The van der Waals surface area contributed by atoms with Crippen LogP contribution in [0.1, 0.15) is 36.8 Å². The molecule has 2 aliphatic rings. The number of nitrogens with one attached hydrogen (secondary N) is 2. The zero-order valence-corrected chi connectivity index (χ0v) is 14.4. The molecule has 1 atom stereocenters. The number of rotatable bonds is 4. The zero-order chi connectivity index (χ0) is 18.7. The molecule has 1 aromatic carbocycles. The molecule has 2 heterocycles. The third-order valence-electron chi connectivity index (χ3n) is 5.21. The lowest BCUT2D eigenvalue weighted by molar-refractivity contribution is -0.137. The fourth-order valence-electron chi connectivity index (χ4n) is 3.81. The number of likely N-dealkylation sites (tertiary alicyclic amines) is 1. The van der Waals surface area contributed by atoms with Crippen molar-refractivity contribution in [3.63, 3.8) is 0 Å². The first-order valence-corrected chi connectivity index (χ1v) is 8.96. The minimum atomic E-state index is -4.58. The highest BCUT2D eigenvalue weighted by atomic mass is 19.4. The highest BCUT2D eigenvalue weighted by Gasteiger charge is 2.36. The Bertz CT molecular complexity index is 644. The molecule has 0 radical (unpaired) electrons. The maximum atomic E-state index is 13.9. The summed E-state index contributed by atoms with van der Waals surface area (Å²) in [5.41, 5.74) is -0.976. The van der Waals surface area contributed by atoms with Crippen molar-refractivity contribution in [1.29, 1.82) is 0 Å². The van der Waals surface area contributed by atoms with Crippen LogP contribution in [-0.4, -0.2) is 42.5 Å². The van der Waals surface area contributed by atoms with Gasteiger partial charge < -0.3 is 10.6 Å². The molecular weight excluding hydrogens is 350 g/mol. The number of carbonyl (C=O) groups excluding carboxylic acids is 1. The van der Waals surface area contributed by atoms with E-state index in [0.29, 0.717) is 12.1 Å². The highest BCUT2D eigenvalue weighted by Crippen LogP contribution is 2.30. The van der Waals surface area contributed by atoms with Crippen LogP contribution in [0.5, 0.6) is 0 Å². The van der Waals surface area contributed by atoms with Crippen LogP contribution in [0.25, 0.3) is 0 Å². The maximum absolute atomic E-state index is 13.9. The van der Waals surface area contributed by atoms with E-state index in [-0.39, 0.29) is 24.1 Å². The summed E-state index contributed by atoms with van der Waals surface area (Å²) in [5.74, 6) is -1.14. The van der Waals surface area contributed by atoms with Gasteiger partial charge in [0, 0.05) is 18.2 Å². The fraction of sp³-hybridized carbons (Fsp3) is 0.611. The molecule has 26 heavy (non-hydrogen) atoms. The second kappa shape index (κ2) is 7.92. The number of nitrogens with zero attached hydrogens (tertiary/aromatic N) is 1. The number of piperidine rings is 1. The Kier molecular flexibility index (Phi) is 5.82. The standard InChI is InChI=1S/C18H23F4N3O/c19-15-10-13(18(20,21)22)4-3-12(15)11-24-17(26)16-2-1-9-25(16)14-5-7-23-8-6-14/h3-4,10,14,16,23H,1-2,5-9,11H2,(H,24,26)/t16-/m0/s1. The molecule has 0 aliphatic carbocycles. The van der Waals surface area contributed by atoms with Crippen LogP contribution in [0, 0.1) is 5.82 Å². The Morgan fingerprint density at radius 3 is 2.62 bits per heavy atom. The maximum Gasteiger partial charge on any atom is 0.416 e. The van der Waals surface area contributed by atoms with Crippen molar-refractivity contribution < 1.29 is 22.4 Å². The molecule has 1 aromatic rings. The van der Waals surface area contributed by atoms with E-state index in [4.69, 9.17) is 0 Å². The molecule has 4 nitrogen and oxygen atoms in total. The molecular formula is C18H23F4N3O. The van der Waals surface area contributed by atoms with Gasteiger partial charge in [-0.25, -0.2) is 4.39 Å². The summed E-state index contributed by atoms with van der Waals surface area (Å²) in [6, 6.07) is 2.52. The van der Waals surface area contributed by atoms with Gasteiger partial charge in [0.25, 0.3) is 0 Å².